The lowest BCUT2D eigenvalue weighted by molar-refractivity contribution is -0.147. The van der Waals surface area contributed by atoms with Gasteiger partial charge in [0.15, 0.2) is 0 Å². The van der Waals surface area contributed by atoms with Crippen LogP contribution in [0.4, 0.5) is 0 Å². The number of carbonyl (C=O) groups is 1. The molecule has 0 unspecified atom stereocenters. The molecule has 0 aromatic heterocycles. The van der Waals surface area contributed by atoms with Crippen LogP contribution in [0.2, 0.25) is 0 Å². The molecular weight excluding hydrogens is 298 g/mol. The Balaban J connectivity index is -0.000000282. The molecule has 3 aliphatic heterocycles. The van der Waals surface area contributed by atoms with Crippen LogP contribution in [0.3, 0.4) is 0 Å². The molecule has 2 bridgehead atoms. The Morgan fingerprint density at radius 2 is 1.38 bits per heavy atom. The van der Waals surface area contributed by atoms with Crippen LogP contribution in [0.5, 0.6) is 0 Å². The highest BCUT2D eigenvalue weighted by molar-refractivity contribution is 5.69. The Morgan fingerprint density at radius 1 is 0.958 bits per heavy atom. The fourth-order valence-corrected chi connectivity index (χ4v) is 2.51. The van der Waals surface area contributed by atoms with Gasteiger partial charge in [-0.3, -0.25) is 4.79 Å². The first kappa shape index (κ1) is 28.2. The first-order valence-corrected chi connectivity index (χ1v) is 10.5. The highest BCUT2D eigenvalue weighted by Crippen LogP contribution is 2.26. The van der Waals surface area contributed by atoms with Crippen molar-refractivity contribution >= 4 is 5.97 Å². The van der Waals surface area contributed by atoms with Crippen LogP contribution in [-0.4, -0.2) is 36.6 Å². The van der Waals surface area contributed by atoms with Gasteiger partial charge < -0.3 is 9.64 Å². The van der Waals surface area contributed by atoms with Gasteiger partial charge in [0.1, 0.15) is 0 Å². The normalized spacial score (nSPS) is 19.9. The standard InChI is InChI=1S/C8H16O2.C7H13N.3C2H6/c1-4-5-6-8(9)10-7(2)3;1-4-8-5-2-7(1)3-6-8;3*1-2/h7H,4-6H2,1-3H3;7H,1-6H2;3*1-2H3. The van der Waals surface area contributed by atoms with E-state index in [2.05, 4.69) is 11.8 Å². The average Bonchev–Trinajstić information content (AvgIpc) is 2.66. The zero-order chi connectivity index (χ0) is 19.4. The smallest absolute Gasteiger partial charge is 0.306 e. The maximum atomic E-state index is 10.8. The number of ether oxygens (including phenoxy) is 1. The maximum Gasteiger partial charge on any atom is 0.306 e. The van der Waals surface area contributed by atoms with E-state index in [1.165, 1.54) is 38.9 Å². The molecular formula is C21H47NO2. The van der Waals surface area contributed by atoms with Crippen LogP contribution in [0.15, 0.2) is 0 Å². The van der Waals surface area contributed by atoms with Gasteiger partial charge in [0.2, 0.25) is 0 Å². The third-order valence-electron chi connectivity index (χ3n) is 3.66. The number of unbranched alkanes of at least 4 members (excludes halogenated alkanes) is 1. The van der Waals surface area contributed by atoms with E-state index in [0.717, 1.165) is 18.8 Å². The summed E-state index contributed by atoms with van der Waals surface area (Å²) in [5.41, 5.74) is 0. The summed E-state index contributed by atoms with van der Waals surface area (Å²) < 4.78 is 4.91. The summed E-state index contributed by atoms with van der Waals surface area (Å²) in [5.74, 6) is 1.04. The molecule has 0 saturated carbocycles. The molecule has 0 atom stereocenters. The molecule has 148 valence electrons. The van der Waals surface area contributed by atoms with Crippen LogP contribution < -0.4 is 0 Å². The molecule has 0 aromatic rings. The van der Waals surface area contributed by atoms with Crippen molar-refractivity contribution in [2.24, 2.45) is 5.92 Å². The predicted molar refractivity (Wildman–Crippen MR) is 109 cm³/mol. The minimum Gasteiger partial charge on any atom is -0.463 e. The second-order valence-corrected chi connectivity index (χ2v) is 5.72. The maximum absolute atomic E-state index is 10.8. The van der Waals surface area contributed by atoms with E-state index >= 15 is 0 Å². The second-order valence-electron chi connectivity index (χ2n) is 5.72. The van der Waals surface area contributed by atoms with Crippen molar-refractivity contribution in [3.8, 4) is 0 Å². The molecule has 3 heteroatoms. The fraction of sp³-hybridized carbons (Fsp3) is 0.952. The van der Waals surface area contributed by atoms with Crippen molar-refractivity contribution < 1.29 is 9.53 Å². The summed E-state index contributed by atoms with van der Waals surface area (Å²) in [5, 5.41) is 0. The van der Waals surface area contributed by atoms with Crippen molar-refractivity contribution in [3.05, 3.63) is 0 Å². The van der Waals surface area contributed by atoms with Gasteiger partial charge in [-0.2, -0.15) is 0 Å². The lowest BCUT2D eigenvalue weighted by atomic mass is 9.89. The molecule has 3 nitrogen and oxygen atoms in total. The van der Waals surface area contributed by atoms with Crippen molar-refractivity contribution in [1.82, 2.24) is 4.90 Å². The molecule has 3 saturated heterocycles. The van der Waals surface area contributed by atoms with Gasteiger partial charge in [-0.25, -0.2) is 0 Å². The highest BCUT2D eigenvalue weighted by Gasteiger charge is 2.24. The zero-order valence-corrected chi connectivity index (χ0v) is 18.3. The second kappa shape index (κ2) is 22.4. The Hall–Kier alpha value is -0.570. The Morgan fingerprint density at radius 3 is 1.58 bits per heavy atom. The molecule has 0 N–H and O–H groups in total. The SMILES string of the molecule is C1CN2CCC1CC2.CC.CC.CC.CCCCC(=O)OC(C)C. The third kappa shape index (κ3) is 17.8. The van der Waals surface area contributed by atoms with Gasteiger partial charge in [-0.1, -0.05) is 54.9 Å². The summed E-state index contributed by atoms with van der Waals surface area (Å²) >= 11 is 0. The van der Waals surface area contributed by atoms with E-state index in [1.54, 1.807) is 0 Å². The van der Waals surface area contributed by atoms with Crippen LogP contribution in [0, 0.1) is 5.92 Å². The summed E-state index contributed by atoms with van der Waals surface area (Å²) in [7, 11) is 0. The number of esters is 1. The van der Waals surface area contributed by atoms with E-state index in [0.29, 0.717) is 6.42 Å². The Kier molecular flexibility index (Phi) is 26.4. The number of hydrogen-bond donors (Lipinski definition) is 0. The Labute approximate surface area is 153 Å². The summed E-state index contributed by atoms with van der Waals surface area (Å²) in [6.07, 6.45) is 7.04. The molecule has 3 heterocycles. The summed E-state index contributed by atoms with van der Waals surface area (Å²) in [6.45, 7) is 22.0. The summed E-state index contributed by atoms with van der Waals surface area (Å²) in [4.78, 5) is 13.4. The molecule has 0 spiro atoms. The Bertz CT molecular complexity index is 211. The average molecular weight is 346 g/mol. The highest BCUT2D eigenvalue weighted by atomic mass is 16.5. The number of hydrogen-bond acceptors (Lipinski definition) is 3. The third-order valence-corrected chi connectivity index (χ3v) is 3.66. The van der Waals surface area contributed by atoms with Gasteiger partial charge in [0, 0.05) is 6.42 Å². The molecule has 0 aromatic carbocycles. The van der Waals surface area contributed by atoms with Gasteiger partial charge >= 0.3 is 5.97 Å². The molecule has 3 rings (SSSR count). The monoisotopic (exact) mass is 345 g/mol. The number of carbonyl (C=O) groups excluding carboxylic acids is 1. The molecule has 3 fully saturated rings. The van der Waals surface area contributed by atoms with E-state index < -0.39 is 0 Å². The van der Waals surface area contributed by atoms with Crippen molar-refractivity contribution in [2.45, 2.75) is 107 Å². The van der Waals surface area contributed by atoms with E-state index in [9.17, 15) is 4.79 Å². The number of nitrogens with zero attached hydrogens (tertiary/aromatic N) is 1. The quantitative estimate of drug-likeness (QED) is 0.559. The van der Waals surface area contributed by atoms with E-state index in [-0.39, 0.29) is 12.1 Å². The molecule has 0 aliphatic carbocycles. The minimum absolute atomic E-state index is 0.0318. The minimum atomic E-state index is -0.0724. The lowest BCUT2D eigenvalue weighted by Gasteiger charge is -2.38. The van der Waals surface area contributed by atoms with Gasteiger partial charge in [0.05, 0.1) is 6.10 Å². The first-order valence-electron chi connectivity index (χ1n) is 10.5. The van der Waals surface area contributed by atoms with Gasteiger partial charge in [-0.15, -0.1) is 0 Å². The number of fused-ring (bicyclic) bond motifs is 3. The van der Waals surface area contributed by atoms with E-state index in [4.69, 9.17) is 4.74 Å². The molecule has 24 heavy (non-hydrogen) atoms. The van der Waals surface area contributed by atoms with Crippen molar-refractivity contribution in [2.75, 3.05) is 19.6 Å². The van der Waals surface area contributed by atoms with Crippen LogP contribution in [0.1, 0.15) is 101 Å². The summed E-state index contributed by atoms with van der Waals surface area (Å²) in [6, 6.07) is 0. The molecule has 0 amide bonds. The molecule has 0 radical (unpaired) electrons. The lowest BCUT2D eigenvalue weighted by Crippen LogP contribution is -2.41. The number of piperidine rings is 3. The van der Waals surface area contributed by atoms with Gasteiger partial charge in [-0.05, 0) is 65.1 Å². The van der Waals surface area contributed by atoms with E-state index in [1.807, 2.05) is 55.4 Å². The first-order chi connectivity index (χ1) is 11.6. The van der Waals surface area contributed by atoms with Crippen molar-refractivity contribution in [3.63, 3.8) is 0 Å². The van der Waals surface area contributed by atoms with Crippen molar-refractivity contribution in [1.29, 1.82) is 0 Å². The van der Waals surface area contributed by atoms with Crippen LogP contribution in [-0.2, 0) is 9.53 Å². The number of rotatable bonds is 4. The topological polar surface area (TPSA) is 29.5 Å². The fourth-order valence-electron chi connectivity index (χ4n) is 2.51. The van der Waals surface area contributed by atoms with Crippen LogP contribution >= 0.6 is 0 Å². The van der Waals surface area contributed by atoms with Crippen LogP contribution in [0.25, 0.3) is 0 Å². The largest absolute Gasteiger partial charge is 0.463 e. The predicted octanol–water partition coefficient (Wildman–Crippen LogP) is 6.31. The molecule has 3 aliphatic rings. The van der Waals surface area contributed by atoms with Gasteiger partial charge in [0.25, 0.3) is 0 Å². The zero-order valence-electron chi connectivity index (χ0n) is 18.3.